The van der Waals surface area contributed by atoms with Gasteiger partial charge in [-0.15, -0.1) is 0 Å². The first-order chi connectivity index (χ1) is 14.6. The van der Waals surface area contributed by atoms with E-state index in [4.69, 9.17) is 21.7 Å². The molecule has 0 aliphatic heterocycles. The monoisotopic (exact) mass is 459 g/mol. The quantitative estimate of drug-likeness (QED) is 0.129. The van der Waals surface area contributed by atoms with Crippen molar-refractivity contribution in [3.05, 3.63) is 18.2 Å². The van der Waals surface area contributed by atoms with Crippen LogP contribution in [0.1, 0.15) is 12.1 Å². The Hall–Kier alpha value is -3.17. The molecule has 1 aromatic heterocycles. The third-order valence-electron chi connectivity index (χ3n) is 3.98. The molecule has 0 aliphatic rings. The number of primary amides is 1. The Labute approximate surface area is 181 Å². The van der Waals surface area contributed by atoms with Gasteiger partial charge in [0.15, 0.2) is 0 Å². The number of nitrogens with two attached hydrogens (primary N) is 2. The summed E-state index contributed by atoms with van der Waals surface area (Å²) in [4.78, 5) is 65.9. The molecule has 4 unspecified atom stereocenters. The number of carbonyl (C=O) groups excluding carboxylic acids is 4. The highest BCUT2D eigenvalue weighted by molar-refractivity contribution is 7.80. The van der Waals surface area contributed by atoms with Gasteiger partial charge in [0, 0.05) is 24.1 Å². The maximum absolute atomic E-state index is 12.7. The molecule has 15 heteroatoms. The number of aromatic amines is 1. The van der Waals surface area contributed by atoms with E-state index in [0.29, 0.717) is 5.69 Å². The first kappa shape index (κ1) is 25.9. The number of carboxylic acid groups (broad SMARTS) is 1. The van der Waals surface area contributed by atoms with Gasteiger partial charge in [0.1, 0.15) is 24.2 Å². The second-order valence-electron chi connectivity index (χ2n) is 6.44. The highest BCUT2D eigenvalue weighted by atomic mass is 32.1. The van der Waals surface area contributed by atoms with Crippen LogP contribution in [0, 0.1) is 0 Å². The zero-order valence-corrected chi connectivity index (χ0v) is 17.2. The molecule has 4 amide bonds. The molecule has 10 N–H and O–H groups in total. The minimum atomic E-state index is -1.59. The van der Waals surface area contributed by atoms with E-state index in [1.807, 2.05) is 0 Å². The number of rotatable bonds is 13. The van der Waals surface area contributed by atoms with Crippen molar-refractivity contribution in [1.82, 2.24) is 25.9 Å². The van der Waals surface area contributed by atoms with E-state index < -0.39 is 66.8 Å². The average molecular weight is 459 g/mol. The molecule has 172 valence electrons. The number of aliphatic hydroxyl groups excluding tert-OH is 1. The maximum atomic E-state index is 12.7. The van der Waals surface area contributed by atoms with E-state index in [1.54, 1.807) is 0 Å². The first-order valence-corrected chi connectivity index (χ1v) is 9.59. The molecule has 0 fully saturated rings. The van der Waals surface area contributed by atoms with E-state index in [1.165, 1.54) is 12.5 Å². The summed E-state index contributed by atoms with van der Waals surface area (Å²) in [7, 11) is 0. The minimum Gasteiger partial charge on any atom is -0.480 e. The Bertz CT molecular complexity index is 789. The summed E-state index contributed by atoms with van der Waals surface area (Å²) in [6, 6.07) is -5.36. The van der Waals surface area contributed by atoms with Gasteiger partial charge in [0.05, 0.1) is 19.4 Å². The lowest BCUT2D eigenvalue weighted by Crippen LogP contribution is -2.58. The van der Waals surface area contributed by atoms with Gasteiger partial charge in [-0.25, -0.2) is 9.78 Å². The molecule has 0 radical (unpaired) electrons. The Morgan fingerprint density at radius 2 is 1.65 bits per heavy atom. The number of nitrogens with one attached hydrogen (secondary N) is 4. The van der Waals surface area contributed by atoms with E-state index in [2.05, 4.69) is 38.5 Å². The fourth-order valence-electron chi connectivity index (χ4n) is 2.33. The standard InChI is InChI=1S/C16H25N7O7S/c17-8(4-24)13(26)21-9(1-7-3-19-6-20-7)14(27)23-11(5-31)15(28)22-10(16(29)30)2-12(18)25/h3,6,8-11,24,31H,1-2,4-5,17H2,(H2,18,25)(H,19,20)(H,21,26)(H,22,28)(H,23,27)(H,29,30). The fourth-order valence-corrected chi connectivity index (χ4v) is 2.58. The van der Waals surface area contributed by atoms with Gasteiger partial charge < -0.3 is 42.6 Å². The van der Waals surface area contributed by atoms with Gasteiger partial charge >= 0.3 is 5.97 Å². The zero-order chi connectivity index (χ0) is 23.6. The second kappa shape index (κ2) is 12.5. The van der Waals surface area contributed by atoms with Crippen LogP contribution in [0.25, 0.3) is 0 Å². The van der Waals surface area contributed by atoms with Gasteiger partial charge in [-0.1, -0.05) is 0 Å². The predicted molar refractivity (Wildman–Crippen MR) is 108 cm³/mol. The normalized spacial score (nSPS) is 14.5. The van der Waals surface area contributed by atoms with Crippen LogP contribution in [-0.2, 0) is 30.4 Å². The summed E-state index contributed by atoms with van der Waals surface area (Å²) in [5, 5.41) is 24.9. The molecule has 1 rings (SSSR count). The Kier molecular flexibility index (Phi) is 10.4. The molecule has 0 bridgehead atoms. The smallest absolute Gasteiger partial charge is 0.326 e. The third kappa shape index (κ3) is 8.61. The van der Waals surface area contributed by atoms with Crippen LogP contribution in [0.4, 0.5) is 0 Å². The lowest BCUT2D eigenvalue weighted by molar-refractivity contribution is -0.143. The number of imidazole rings is 1. The van der Waals surface area contributed by atoms with E-state index >= 15 is 0 Å². The molecule has 0 saturated heterocycles. The largest absolute Gasteiger partial charge is 0.480 e. The van der Waals surface area contributed by atoms with Crippen molar-refractivity contribution < 1.29 is 34.2 Å². The van der Waals surface area contributed by atoms with Crippen molar-refractivity contribution in [3.63, 3.8) is 0 Å². The number of thiol groups is 1. The number of carbonyl (C=O) groups is 5. The summed E-state index contributed by atoms with van der Waals surface area (Å²) >= 11 is 3.98. The molecule has 14 nitrogen and oxygen atoms in total. The van der Waals surface area contributed by atoms with Gasteiger partial charge in [-0.05, 0) is 0 Å². The van der Waals surface area contributed by atoms with Crippen molar-refractivity contribution in [3.8, 4) is 0 Å². The van der Waals surface area contributed by atoms with Crippen molar-refractivity contribution in [2.45, 2.75) is 37.0 Å². The van der Waals surface area contributed by atoms with Crippen LogP contribution in [0.15, 0.2) is 12.5 Å². The molecule has 0 aliphatic carbocycles. The molecule has 1 heterocycles. The highest BCUT2D eigenvalue weighted by Gasteiger charge is 2.30. The topological polar surface area (TPSA) is 243 Å². The summed E-state index contributed by atoms with van der Waals surface area (Å²) in [6.07, 6.45) is 2.09. The lowest BCUT2D eigenvalue weighted by atomic mass is 10.1. The van der Waals surface area contributed by atoms with Crippen LogP contribution >= 0.6 is 12.6 Å². The van der Waals surface area contributed by atoms with Crippen LogP contribution in [0.5, 0.6) is 0 Å². The van der Waals surface area contributed by atoms with Gasteiger partial charge in [-0.2, -0.15) is 12.6 Å². The van der Waals surface area contributed by atoms with Crippen LogP contribution in [0.2, 0.25) is 0 Å². The second-order valence-corrected chi connectivity index (χ2v) is 6.81. The summed E-state index contributed by atoms with van der Waals surface area (Å²) in [6.45, 7) is -0.650. The first-order valence-electron chi connectivity index (χ1n) is 8.95. The summed E-state index contributed by atoms with van der Waals surface area (Å²) < 4.78 is 0. The number of aliphatic hydroxyl groups is 1. The SMILES string of the molecule is NC(=O)CC(NC(=O)C(CS)NC(=O)C(Cc1cnc[nH]1)NC(=O)C(N)CO)C(=O)O. The number of aliphatic carboxylic acids is 1. The van der Waals surface area contributed by atoms with E-state index in [-0.39, 0.29) is 12.2 Å². The summed E-state index contributed by atoms with van der Waals surface area (Å²) in [5.74, 6) is -5.18. The third-order valence-corrected chi connectivity index (χ3v) is 4.35. The van der Waals surface area contributed by atoms with E-state index in [9.17, 15) is 24.0 Å². The molecule has 0 spiro atoms. The van der Waals surface area contributed by atoms with Gasteiger partial charge in [-0.3, -0.25) is 19.2 Å². The van der Waals surface area contributed by atoms with Crippen molar-refractivity contribution in [1.29, 1.82) is 0 Å². The molecule has 31 heavy (non-hydrogen) atoms. The van der Waals surface area contributed by atoms with Crippen molar-refractivity contribution >= 4 is 42.2 Å². The number of carboxylic acids is 1. The fraction of sp³-hybridized carbons (Fsp3) is 0.500. The number of nitrogens with zero attached hydrogens (tertiary/aromatic N) is 1. The van der Waals surface area contributed by atoms with Crippen LogP contribution in [0.3, 0.4) is 0 Å². The molecule has 4 atom stereocenters. The maximum Gasteiger partial charge on any atom is 0.326 e. The number of hydrogen-bond donors (Lipinski definition) is 9. The Morgan fingerprint density at radius 3 is 2.13 bits per heavy atom. The number of aromatic nitrogens is 2. The Balaban J connectivity index is 2.91. The zero-order valence-electron chi connectivity index (χ0n) is 16.3. The van der Waals surface area contributed by atoms with E-state index in [0.717, 1.165) is 0 Å². The average Bonchev–Trinajstić information content (AvgIpc) is 3.22. The number of H-pyrrole nitrogens is 1. The number of amides is 4. The molecular weight excluding hydrogens is 434 g/mol. The minimum absolute atomic E-state index is 0.0456. The van der Waals surface area contributed by atoms with Crippen molar-refractivity contribution in [2.75, 3.05) is 12.4 Å². The Morgan fingerprint density at radius 1 is 1.06 bits per heavy atom. The molecule has 0 saturated carbocycles. The lowest BCUT2D eigenvalue weighted by Gasteiger charge is -2.24. The molecule has 0 aromatic carbocycles. The van der Waals surface area contributed by atoms with Crippen molar-refractivity contribution in [2.24, 2.45) is 11.5 Å². The molecular formula is C16H25N7O7S. The number of hydrogen-bond acceptors (Lipinski definition) is 9. The summed E-state index contributed by atoms with van der Waals surface area (Å²) in [5.41, 5.74) is 10.9. The van der Waals surface area contributed by atoms with Crippen LogP contribution in [-0.4, -0.2) is 86.3 Å². The predicted octanol–water partition coefficient (Wildman–Crippen LogP) is -4.38. The van der Waals surface area contributed by atoms with Gasteiger partial charge in [0.25, 0.3) is 0 Å². The highest BCUT2D eigenvalue weighted by Crippen LogP contribution is 2.02. The van der Waals surface area contributed by atoms with Crippen LogP contribution < -0.4 is 27.4 Å². The molecule has 1 aromatic rings. The van der Waals surface area contributed by atoms with Gasteiger partial charge in [0.2, 0.25) is 23.6 Å².